The standard InChI is InChI=1S/C60H56F4N2O8/c1-3-53(65-33-29-43(30-34-65)57(39-13-21-47(61)22-14-39)40-15-23-48(62)24-16-40)71-51-11-7-5-9-45(51)37-55(67)73-59(69)60(70)74-56(68)38-46-10-6-8-12-52(46)72-54(4-2)66-35-31-44(32-36-66)58(41-17-25-49(63)26-18-41)42-19-27-50(64)28-20-42/h5-28,53-54H,3-4,29-38H2,1-2H3. The van der Waals surface area contributed by atoms with Crippen LogP contribution in [-0.2, 0) is 41.5 Å². The summed E-state index contributed by atoms with van der Waals surface area (Å²) in [5.74, 6) is -6.05. The van der Waals surface area contributed by atoms with E-state index in [-0.39, 0.29) is 35.7 Å². The number of carbonyl (C=O) groups is 4. The number of esters is 4. The van der Waals surface area contributed by atoms with Crippen molar-refractivity contribution in [3.05, 3.63) is 213 Å². The van der Waals surface area contributed by atoms with Crippen LogP contribution in [-0.4, -0.2) is 72.3 Å². The lowest BCUT2D eigenvalue weighted by Gasteiger charge is -2.36. The largest absolute Gasteiger partial charge is 0.475 e. The van der Waals surface area contributed by atoms with Gasteiger partial charge in [0.15, 0.2) is 12.5 Å². The first-order valence-electron chi connectivity index (χ1n) is 24.8. The monoisotopic (exact) mass is 1010 g/mol. The number of likely N-dealkylation sites (tertiary alicyclic amines) is 2. The van der Waals surface area contributed by atoms with Gasteiger partial charge in [0.1, 0.15) is 34.8 Å². The number of rotatable bonds is 16. The summed E-state index contributed by atoms with van der Waals surface area (Å²) in [5, 5.41) is 0. The lowest BCUT2D eigenvalue weighted by Crippen LogP contribution is -2.43. The minimum atomic E-state index is -1.65. The summed E-state index contributed by atoms with van der Waals surface area (Å²) < 4.78 is 78.2. The molecule has 10 nitrogen and oxygen atoms in total. The molecule has 0 spiro atoms. The molecule has 2 saturated heterocycles. The van der Waals surface area contributed by atoms with Crippen LogP contribution in [0.4, 0.5) is 17.6 Å². The van der Waals surface area contributed by atoms with Crippen molar-refractivity contribution >= 4 is 35.0 Å². The highest BCUT2D eigenvalue weighted by molar-refractivity contribution is 6.33. The van der Waals surface area contributed by atoms with Crippen molar-refractivity contribution in [2.75, 3.05) is 26.2 Å². The first-order chi connectivity index (χ1) is 35.8. The van der Waals surface area contributed by atoms with Gasteiger partial charge in [-0.05, 0) is 133 Å². The molecule has 0 N–H and O–H groups in total. The van der Waals surface area contributed by atoms with E-state index in [1.165, 1.54) is 48.5 Å². The smallest absolute Gasteiger partial charge is 0.425 e. The molecule has 2 unspecified atom stereocenters. The van der Waals surface area contributed by atoms with E-state index in [1.807, 2.05) is 13.8 Å². The quantitative estimate of drug-likeness (QED) is 0.0402. The zero-order valence-electron chi connectivity index (χ0n) is 41.2. The third kappa shape index (κ3) is 13.5. The van der Waals surface area contributed by atoms with Gasteiger partial charge in [-0.15, -0.1) is 0 Å². The van der Waals surface area contributed by atoms with Gasteiger partial charge in [-0.3, -0.25) is 19.4 Å². The van der Waals surface area contributed by atoms with Crippen LogP contribution in [0.2, 0.25) is 0 Å². The first-order valence-corrected chi connectivity index (χ1v) is 24.8. The van der Waals surface area contributed by atoms with Gasteiger partial charge in [0.25, 0.3) is 0 Å². The van der Waals surface area contributed by atoms with Crippen molar-refractivity contribution in [1.29, 1.82) is 0 Å². The molecule has 2 atom stereocenters. The van der Waals surface area contributed by atoms with Gasteiger partial charge in [-0.2, -0.15) is 0 Å². The minimum absolute atomic E-state index is 0.349. The zero-order valence-corrected chi connectivity index (χ0v) is 41.2. The molecule has 0 saturated carbocycles. The number of hydrogen-bond donors (Lipinski definition) is 0. The predicted molar refractivity (Wildman–Crippen MR) is 271 cm³/mol. The second-order valence-corrected chi connectivity index (χ2v) is 18.1. The molecule has 0 radical (unpaired) electrons. The lowest BCUT2D eigenvalue weighted by atomic mass is 9.88. The van der Waals surface area contributed by atoms with Crippen molar-refractivity contribution < 1.29 is 55.7 Å². The first kappa shape index (κ1) is 52.6. The molecular formula is C60H56F4N2O8. The third-order valence-corrected chi connectivity index (χ3v) is 13.3. The molecule has 2 fully saturated rings. The van der Waals surface area contributed by atoms with E-state index in [0.29, 0.717) is 87.3 Å². The molecule has 0 aliphatic carbocycles. The van der Waals surface area contributed by atoms with Crippen LogP contribution >= 0.6 is 0 Å². The van der Waals surface area contributed by atoms with Gasteiger partial charge in [0.05, 0.1) is 12.8 Å². The van der Waals surface area contributed by atoms with Crippen LogP contribution in [0.1, 0.15) is 85.8 Å². The fraction of sp³-hybridized carbons (Fsp3) is 0.267. The average Bonchev–Trinajstić information content (AvgIpc) is 3.41. The summed E-state index contributed by atoms with van der Waals surface area (Å²) in [7, 11) is 0. The molecule has 0 amide bonds. The summed E-state index contributed by atoms with van der Waals surface area (Å²) in [6, 6.07) is 38.7. The zero-order chi connectivity index (χ0) is 52.1. The number of nitrogens with zero attached hydrogens (tertiary/aromatic N) is 2. The maximum Gasteiger partial charge on any atom is 0.425 e. The molecule has 382 valence electrons. The summed E-state index contributed by atoms with van der Waals surface area (Å²) in [4.78, 5) is 56.2. The Hall–Kier alpha value is -7.68. The van der Waals surface area contributed by atoms with Crippen molar-refractivity contribution in [1.82, 2.24) is 9.80 Å². The topological polar surface area (TPSA) is 112 Å². The Labute approximate surface area is 427 Å². The van der Waals surface area contributed by atoms with Crippen LogP contribution in [0, 0.1) is 23.3 Å². The van der Waals surface area contributed by atoms with Crippen LogP contribution in [0.25, 0.3) is 11.1 Å². The number of halogens is 4. The van der Waals surface area contributed by atoms with E-state index >= 15 is 0 Å². The molecule has 2 heterocycles. The lowest BCUT2D eigenvalue weighted by molar-refractivity contribution is -0.177. The Morgan fingerprint density at radius 1 is 0.432 bits per heavy atom. The van der Waals surface area contributed by atoms with E-state index < -0.39 is 36.7 Å². The Balaban J connectivity index is 0.838. The number of benzene rings is 6. The summed E-state index contributed by atoms with van der Waals surface area (Å²) >= 11 is 0. The van der Waals surface area contributed by atoms with E-state index in [1.54, 1.807) is 97.1 Å². The fourth-order valence-corrected chi connectivity index (χ4v) is 9.61. The van der Waals surface area contributed by atoms with Crippen LogP contribution in [0.15, 0.2) is 157 Å². The highest BCUT2D eigenvalue weighted by Crippen LogP contribution is 2.36. The normalized spacial score (nSPS) is 14.9. The highest BCUT2D eigenvalue weighted by atomic mass is 19.1. The summed E-state index contributed by atoms with van der Waals surface area (Å²) in [6.07, 6.45) is 2.23. The molecule has 6 aromatic carbocycles. The van der Waals surface area contributed by atoms with Gasteiger partial charge in [0.2, 0.25) is 0 Å². The van der Waals surface area contributed by atoms with Crippen molar-refractivity contribution in [3.63, 3.8) is 0 Å². The summed E-state index contributed by atoms with van der Waals surface area (Å²) in [5.41, 5.74) is 8.31. The molecule has 14 heteroatoms. The van der Waals surface area contributed by atoms with E-state index in [0.717, 1.165) is 44.5 Å². The van der Waals surface area contributed by atoms with Crippen molar-refractivity contribution in [2.24, 2.45) is 0 Å². The highest BCUT2D eigenvalue weighted by Gasteiger charge is 2.30. The predicted octanol–water partition coefficient (Wildman–Crippen LogP) is 11.6. The SMILES string of the molecule is CCC(Oc1ccccc1CC(=O)OC(=O)C(=O)OC(=O)Cc1ccccc1OC(CC)N1CCC(=C(c2ccc(F)cc2)c2ccc(F)cc2)CC1)N1CCC(=C(c2ccc(F)cc2)c2ccc(F)cc2)CC1. The van der Waals surface area contributed by atoms with E-state index in [2.05, 4.69) is 9.80 Å². The van der Waals surface area contributed by atoms with Crippen LogP contribution in [0.5, 0.6) is 11.5 Å². The Kier molecular flexibility index (Phi) is 17.7. The van der Waals surface area contributed by atoms with Crippen LogP contribution < -0.4 is 9.47 Å². The van der Waals surface area contributed by atoms with E-state index in [4.69, 9.17) is 18.9 Å². The molecule has 2 aliphatic rings. The maximum absolute atomic E-state index is 13.9. The van der Waals surface area contributed by atoms with Gasteiger partial charge in [0, 0.05) is 37.3 Å². The molecule has 2 aliphatic heterocycles. The van der Waals surface area contributed by atoms with Gasteiger partial charge in [-0.25, -0.2) is 27.2 Å². The Morgan fingerprint density at radius 2 is 0.716 bits per heavy atom. The van der Waals surface area contributed by atoms with Crippen molar-refractivity contribution in [3.8, 4) is 11.5 Å². The number of carbonyl (C=O) groups excluding carboxylic acids is 4. The number of ether oxygens (including phenoxy) is 4. The number of para-hydroxylation sites is 2. The molecular weight excluding hydrogens is 953 g/mol. The van der Waals surface area contributed by atoms with Crippen molar-refractivity contribution in [2.45, 2.75) is 77.7 Å². The Bertz CT molecular complexity index is 2690. The Morgan fingerprint density at radius 3 is 1.00 bits per heavy atom. The van der Waals surface area contributed by atoms with Gasteiger partial charge in [-0.1, -0.05) is 110 Å². The maximum atomic E-state index is 13.9. The molecule has 6 aromatic rings. The van der Waals surface area contributed by atoms with Gasteiger partial charge >= 0.3 is 23.9 Å². The average molecular weight is 1010 g/mol. The molecule has 0 aromatic heterocycles. The minimum Gasteiger partial charge on any atom is -0.475 e. The van der Waals surface area contributed by atoms with Crippen LogP contribution in [0.3, 0.4) is 0 Å². The third-order valence-electron chi connectivity index (χ3n) is 13.3. The number of piperidine rings is 2. The molecule has 8 rings (SSSR count). The van der Waals surface area contributed by atoms with Gasteiger partial charge < -0.3 is 18.9 Å². The van der Waals surface area contributed by atoms with E-state index in [9.17, 15) is 36.7 Å². The summed E-state index contributed by atoms with van der Waals surface area (Å²) in [6.45, 7) is 6.45. The fourth-order valence-electron chi connectivity index (χ4n) is 9.61. The molecule has 74 heavy (non-hydrogen) atoms. The second-order valence-electron chi connectivity index (χ2n) is 18.1. The number of hydrogen-bond acceptors (Lipinski definition) is 10. The molecule has 0 bridgehead atoms. The second kappa shape index (κ2) is 24.8.